The highest BCUT2D eigenvalue weighted by Crippen LogP contribution is 2.16. The quantitative estimate of drug-likeness (QED) is 0.579. The number of aryl methyl sites for hydroxylation is 2. The summed E-state index contributed by atoms with van der Waals surface area (Å²) in [5, 5.41) is 2.79. The Labute approximate surface area is 177 Å². The van der Waals surface area contributed by atoms with Crippen LogP contribution in [0.4, 0.5) is 5.69 Å². The second-order valence-corrected chi connectivity index (χ2v) is 7.60. The van der Waals surface area contributed by atoms with Crippen LogP contribution in [0.5, 0.6) is 5.75 Å². The molecule has 7 heteroatoms. The standard InChI is InChI=1S/C23H29N3O4/c1-15(2)14-30-19-7-5-6-18(13-19)23(29)26-25-22(28)11-10-21(27)24-20-9-8-16(3)12-17(20)4/h5-9,12-13,15H,10-11,14H2,1-4H3,(H,24,27)(H,25,28)(H,26,29). The number of rotatable bonds is 8. The molecule has 0 radical (unpaired) electrons. The lowest BCUT2D eigenvalue weighted by Crippen LogP contribution is -2.41. The minimum absolute atomic E-state index is 0.00749. The fraction of sp³-hybridized carbons (Fsp3) is 0.348. The number of hydrogen-bond acceptors (Lipinski definition) is 4. The second kappa shape index (κ2) is 11.0. The molecule has 0 aliphatic heterocycles. The fourth-order valence-corrected chi connectivity index (χ4v) is 2.64. The van der Waals surface area contributed by atoms with Crippen LogP contribution >= 0.6 is 0 Å². The van der Waals surface area contributed by atoms with E-state index >= 15 is 0 Å². The topological polar surface area (TPSA) is 96.5 Å². The number of benzene rings is 2. The number of nitrogens with one attached hydrogen (secondary N) is 3. The fourth-order valence-electron chi connectivity index (χ4n) is 2.64. The van der Waals surface area contributed by atoms with Crippen LogP contribution in [0.25, 0.3) is 0 Å². The van der Waals surface area contributed by atoms with Crippen LogP contribution in [0, 0.1) is 19.8 Å². The minimum atomic E-state index is -0.460. The number of hydrazine groups is 1. The number of carbonyl (C=O) groups is 3. The van der Waals surface area contributed by atoms with Gasteiger partial charge in [0.15, 0.2) is 0 Å². The van der Waals surface area contributed by atoms with Crippen molar-refractivity contribution in [2.45, 2.75) is 40.5 Å². The molecule has 0 aliphatic carbocycles. The van der Waals surface area contributed by atoms with Crippen molar-refractivity contribution in [3.63, 3.8) is 0 Å². The van der Waals surface area contributed by atoms with Crippen LogP contribution in [0.1, 0.15) is 48.2 Å². The van der Waals surface area contributed by atoms with Gasteiger partial charge in [-0.05, 0) is 49.6 Å². The Hall–Kier alpha value is -3.35. The van der Waals surface area contributed by atoms with Crippen molar-refractivity contribution in [1.29, 1.82) is 0 Å². The Morgan fingerprint density at radius 2 is 1.67 bits per heavy atom. The average molecular weight is 412 g/mol. The summed E-state index contributed by atoms with van der Waals surface area (Å²) in [6, 6.07) is 12.4. The molecule has 0 unspecified atom stereocenters. The predicted octanol–water partition coefficient (Wildman–Crippen LogP) is 3.52. The van der Waals surface area contributed by atoms with Crippen molar-refractivity contribution < 1.29 is 19.1 Å². The molecule has 0 aromatic heterocycles. The maximum Gasteiger partial charge on any atom is 0.269 e. The molecule has 0 heterocycles. The summed E-state index contributed by atoms with van der Waals surface area (Å²) in [7, 11) is 0. The molecular formula is C23H29N3O4. The van der Waals surface area contributed by atoms with Crippen molar-refractivity contribution in [3.8, 4) is 5.75 Å². The zero-order valence-electron chi connectivity index (χ0n) is 17.9. The molecule has 30 heavy (non-hydrogen) atoms. The number of amides is 3. The van der Waals surface area contributed by atoms with Gasteiger partial charge in [0, 0.05) is 24.1 Å². The molecule has 2 aromatic carbocycles. The molecule has 3 N–H and O–H groups in total. The molecule has 7 nitrogen and oxygen atoms in total. The Bertz CT molecular complexity index is 909. The highest BCUT2D eigenvalue weighted by atomic mass is 16.5. The number of hydrogen-bond donors (Lipinski definition) is 3. The van der Waals surface area contributed by atoms with Crippen molar-refractivity contribution in [3.05, 3.63) is 59.2 Å². The zero-order valence-corrected chi connectivity index (χ0v) is 17.9. The molecular weight excluding hydrogens is 382 g/mol. The summed E-state index contributed by atoms with van der Waals surface area (Å²) in [5.74, 6) is -0.220. The van der Waals surface area contributed by atoms with Gasteiger partial charge in [0.1, 0.15) is 5.75 Å². The third-order valence-electron chi connectivity index (χ3n) is 4.23. The van der Waals surface area contributed by atoms with Crippen molar-refractivity contribution in [2.24, 2.45) is 5.92 Å². The van der Waals surface area contributed by atoms with Crippen LogP contribution in [0.2, 0.25) is 0 Å². The van der Waals surface area contributed by atoms with Crippen molar-refractivity contribution in [2.75, 3.05) is 11.9 Å². The molecule has 0 atom stereocenters. The Kier molecular flexibility index (Phi) is 8.41. The molecule has 2 aromatic rings. The van der Waals surface area contributed by atoms with E-state index in [4.69, 9.17) is 4.74 Å². The van der Waals surface area contributed by atoms with Crippen LogP contribution < -0.4 is 20.9 Å². The SMILES string of the molecule is Cc1ccc(NC(=O)CCC(=O)NNC(=O)c2cccc(OCC(C)C)c2)c(C)c1. The van der Waals surface area contributed by atoms with Gasteiger partial charge in [0.2, 0.25) is 11.8 Å². The van der Waals surface area contributed by atoms with E-state index in [1.54, 1.807) is 24.3 Å². The van der Waals surface area contributed by atoms with Gasteiger partial charge in [-0.1, -0.05) is 37.6 Å². The van der Waals surface area contributed by atoms with E-state index in [1.807, 2.05) is 45.9 Å². The van der Waals surface area contributed by atoms with Gasteiger partial charge in [-0.2, -0.15) is 0 Å². The van der Waals surface area contributed by atoms with Gasteiger partial charge in [0.25, 0.3) is 5.91 Å². The third kappa shape index (κ3) is 7.58. The molecule has 2 rings (SSSR count). The van der Waals surface area contributed by atoms with Gasteiger partial charge in [-0.15, -0.1) is 0 Å². The van der Waals surface area contributed by atoms with E-state index in [2.05, 4.69) is 16.2 Å². The first-order valence-electron chi connectivity index (χ1n) is 9.93. The van der Waals surface area contributed by atoms with Crippen LogP contribution in [0.15, 0.2) is 42.5 Å². The summed E-state index contributed by atoms with van der Waals surface area (Å²) >= 11 is 0. The van der Waals surface area contributed by atoms with Crippen LogP contribution in [0.3, 0.4) is 0 Å². The highest BCUT2D eigenvalue weighted by Gasteiger charge is 2.11. The van der Waals surface area contributed by atoms with Gasteiger partial charge in [-0.3, -0.25) is 25.2 Å². The first kappa shape index (κ1) is 22.9. The smallest absolute Gasteiger partial charge is 0.269 e. The minimum Gasteiger partial charge on any atom is -0.493 e. The summed E-state index contributed by atoms with van der Waals surface area (Å²) in [6.07, 6.45) is -0.0396. The maximum absolute atomic E-state index is 12.2. The van der Waals surface area contributed by atoms with E-state index in [1.165, 1.54) is 0 Å². The van der Waals surface area contributed by atoms with E-state index in [9.17, 15) is 14.4 Å². The lowest BCUT2D eigenvalue weighted by atomic mass is 10.1. The lowest BCUT2D eigenvalue weighted by molar-refractivity contribution is -0.124. The first-order valence-corrected chi connectivity index (χ1v) is 9.93. The molecule has 0 bridgehead atoms. The van der Waals surface area contributed by atoms with E-state index in [0.717, 1.165) is 16.8 Å². The van der Waals surface area contributed by atoms with Crippen LogP contribution in [-0.4, -0.2) is 24.3 Å². The van der Waals surface area contributed by atoms with Gasteiger partial charge < -0.3 is 10.1 Å². The van der Waals surface area contributed by atoms with Gasteiger partial charge >= 0.3 is 0 Å². The Morgan fingerprint density at radius 3 is 2.37 bits per heavy atom. The van der Waals surface area contributed by atoms with Crippen molar-refractivity contribution in [1.82, 2.24) is 10.9 Å². The molecule has 160 valence electrons. The molecule has 0 saturated heterocycles. The highest BCUT2D eigenvalue weighted by molar-refractivity contribution is 5.97. The van der Waals surface area contributed by atoms with Gasteiger partial charge in [-0.25, -0.2) is 0 Å². The van der Waals surface area contributed by atoms with E-state index in [-0.39, 0.29) is 18.7 Å². The lowest BCUT2D eigenvalue weighted by Gasteiger charge is -2.11. The number of anilines is 1. The largest absolute Gasteiger partial charge is 0.493 e. The maximum atomic E-state index is 12.2. The first-order chi connectivity index (χ1) is 14.2. The van der Waals surface area contributed by atoms with Crippen LogP contribution in [-0.2, 0) is 9.59 Å². The normalized spacial score (nSPS) is 10.4. The van der Waals surface area contributed by atoms with E-state index < -0.39 is 11.8 Å². The third-order valence-corrected chi connectivity index (χ3v) is 4.23. The molecule has 0 spiro atoms. The number of ether oxygens (including phenoxy) is 1. The monoisotopic (exact) mass is 411 g/mol. The second-order valence-electron chi connectivity index (χ2n) is 7.60. The summed E-state index contributed by atoms with van der Waals surface area (Å²) in [6.45, 7) is 8.51. The summed E-state index contributed by atoms with van der Waals surface area (Å²) < 4.78 is 5.60. The average Bonchev–Trinajstić information content (AvgIpc) is 2.71. The molecule has 0 fully saturated rings. The molecule has 0 aliphatic rings. The van der Waals surface area contributed by atoms with Gasteiger partial charge in [0.05, 0.1) is 6.61 Å². The van der Waals surface area contributed by atoms with Crippen molar-refractivity contribution >= 4 is 23.4 Å². The van der Waals surface area contributed by atoms with E-state index in [0.29, 0.717) is 23.8 Å². The number of carbonyl (C=O) groups excluding carboxylic acids is 3. The summed E-state index contributed by atoms with van der Waals surface area (Å²) in [4.78, 5) is 36.3. The Morgan fingerprint density at radius 1 is 0.933 bits per heavy atom. The summed E-state index contributed by atoms with van der Waals surface area (Å²) in [5.41, 5.74) is 7.84. The molecule has 3 amide bonds. The zero-order chi connectivity index (χ0) is 22.1. The predicted molar refractivity (Wildman–Crippen MR) is 116 cm³/mol. The molecule has 0 saturated carbocycles. The Balaban J connectivity index is 1.76.